The number of nitrogens with two attached hydrogens (primary N) is 1. The molecular formula is C6H13N2. The van der Waals surface area contributed by atoms with E-state index in [1.54, 1.807) is 6.08 Å². The highest BCUT2D eigenvalue weighted by Gasteiger charge is 1.88. The van der Waals surface area contributed by atoms with E-state index in [0.29, 0.717) is 0 Å². The molecule has 0 spiro atoms. The van der Waals surface area contributed by atoms with Crippen LogP contribution in [0.25, 0.3) is 0 Å². The van der Waals surface area contributed by atoms with Crippen molar-refractivity contribution in [3.05, 3.63) is 19.6 Å². The Balaban J connectivity index is 2.98. The maximum absolute atomic E-state index is 5.40. The van der Waals surface area contributed by atoms with Gasteiger partial charge in [-0.05, 0) is 13.0 Å². The Labute approximate surface area is 50.8 Å². The van der Waals surface area contributed by atoms with Crippen LogP contribution in [-0.2, 0) is 0 Å². The zero-order chi connectivity index (χ0) is 6.41. The molecule has 1 unspecified atom stereocenters. The molecule has 0 heterocycles. The van der Waals surface area contributed by atoms with Gasteiger partial charge in [0.1, 0.15) is 0 Å². The molecule has 0 fully saturated rings. The van der Waals surface area contributed by atoms with E-state index in [1.165, 1.54) is 0 Å². The normalized spacial score (nSPS) is 13.2. The lowest BCUT2D eigenvalue weighted by Crippen LogP contribution is -2.35. The van der Waals surface area contributed by atoms with Crippen LogP contribution in [0.1, 0.15) is 6.42 Å². The van der Waals surface area contributed by atoms with Crippen LogP contribution in [-0.4, -0.2) is 12.7 Å². The molecule has 0 saturated carbocycles. The van der Waals surface area contributed by atoms with Gasteiger partial charge in [0.2, 0.25) is 0 Å². The first kappa shape index (κ1) is 7.66. The molecule has 1 atom stereocenters. The highest BCUT2D eigenvalue weighted by atomic mass is 15.0. The summed E-state index contributed by atoms with van der Waals surface area (Å²) in [6.45, 7) is 8.00. The fourth-order valence-corrected chi connectivity index (χ4v) is 0.352. The van der Waals surface area contributed by atoms with Gasteiger partial charge in [-0.15, -0.1) is 6.58 Å². The van der Waals surface area contributed by atoms with Gasteiger partial charge in [0.25, 0.3) is 0 Å². The van der Waals surface area contributed by atoms with Crippen molar-refractivity contribution in [3.63, 3.8) is 0 Å². The molecule has 0 aliphatic heterocycles. The third-order valence-electron chi connectivity index (χ3n) is 0.811. The van der Waals surface area contributed by atoms with Crippen molar-refractivity contribution < 1.29 is 0 Å². The molecule has 2 heteroatoms. The molecule has 0 amide bonds. The zero-order valence-electron chi connectivity index (χ0n) is 5.06. The monoisotopic (exact) mass is 113 g/mol. The Morgan fingerprint density at radius 2 is 2.38 bits per heavy atom. The highest BCUT2D eigenvalue weighted by Crippen LogP contribution is 1.73. The van der Waals surface area contributed by atoms with Gasteiger partial charge in [-0.3, -0.25) is 5.32 Å². The van der Waals surface area contributed by atoms with Crippen molar-refractivity contribution in [2.24, 2.45) is 5.73 Å². The van der Waals surface area contributed by atoms with Crippen LogP contribution in [0.15, 0.2) is 12.7 Å². The molecule has 47 valence electrons. The quantitative estimate of drug-likeness (QED) is 0.405. The maximum Gasteiger partial charge on any atom is 0.0736 e. The van der Waals surface area contributed by atoms with Crippen LogP contribution < -0.4 is 11.1 Å². The van der Waals surface area contributed by atoms with Gasteiger partial charge in [0, 0.05) is 0 Å². The first-order valence-corrected chi connectivity index (χ1v) is 2.72. The molecule has 0 aromatic carbocycles. The van der Waals surface area contributed by atoms with Gasteiger partial charge in [0.15, 0.2) is 0 Å². The summed E-state index contributed by atoms with van der Waals surface area (Å²) in [6.07, 6.45) is 2.45. The van der Waals surface area contributed by atoms with Crippen molar-refractivity contribution in [2.45, 2.75) is 12.6 Å². The number of hydrogen-bond donors (Lipinski definition) is 2. The average Bonchev–Trinajstić information content (AvgIpc) is 1.83. The van der Waals surface area contributed by atoms with Crippen LogP contribution >= 0.6 is 0 Å². The number of nitrogens with one attached hydrogen (secondary N) is 1. The molecule has 2 nitrogen and oxygen atoms in total. The minimum Gasteiger partial charge on any atom is -0.313 e. The Kier molecular flexibility index (Phi) is 4.61. The summed E-state index contributed by atoms with van der Waals surface area (Å²) in [5.41, 5.74) is 5.40. The molecule has 0 bridgehead atoms. The molecule has 0 aliphatic carbocycles. The minimum atomic E-state index is -0.0725. The molecule has 8 heavy (non-hydrogen) atoms. The van der Waals surface area contributed by atoms with E-state index in [1.807, 2.05) is 0 Å². The Morgan fingerprint density at radius 3 is 2.75 bits per heavy atom. The molecule has 3 N–H and O–H groups in total. The summed E-state index contributed by atoms with van der Waals surface area (Å²) in [5.74, 6) is 0. The van der Waals surface area contributed by atoms with E-state index in [9.17, 15) is 0 Å². The molecule has 0 aromatic heterocycles. The largest absolute Gasteiger partial charge is 0.313 e. The third kappa shape index (κ3) is 3.84. The number of hydrogen-bond acceptors (Lipinski definition) is 2. The van der Waals surface area contributed by atoms with Crippen LogP contribution in [0.2, 0.25) is 0 Å². The molecule has 1 radical (unpaired) electrons. The fraction of sp³-hybridized carbons (Fsp3) is 0.500. The summed E-state index contributed by atoms with van der Waals surface area (Å²) < 4.78 is 0. The predicted molar refractivity (Wildman–Crippen MR) is 36.1 cm³/mol. The third-order valence-corrected chi connectivity index (χ3v) is 0.811. The van der Waals surface area contributed by atoms with Crippen molar-refractivity contribution >= 4 is 0 Å². The highest BCUT2D eigenvalue weighted by molar-refractivity contribution is 4.79. The predicted octanol–water partition coefficient (Wildman–Crippen LogP) is 0.271. The van der Waals surface area contributed by atoms with Crippen molar-refractivity contribution in [3.8, 4) is 0 Å². The molecule has 0 aliphatic rings. The zero-order valence-corrected chi connectivity index (χ0v) is 5.06. The van der Waals surface area contributed by atoms with E-state index in [2.05, 4.69) is 18.8 Å². The van der Waals surface area contributed by atoms with Crippen molar-refractivity contribution in [2.75, 3.05) is 6.54 Å². The summed E-state index contributed by atoms with van der Waals surface area (Å²) >= 11 is 0. The van der Waals surface area contributed by atoms with Gasteiger partial charge in [-0.1, -0.05) is 13.0 Å². The fourth-order valence-electron chi connectivity index (χ4n) is 0.352. The maximum atomic E-state index is 5.40. The smallest absolute Gasteiger partial charge is 0.0736 e. The lowest BCUT2D eigenvalue weighted by atomic mass is 10.4. The lowest BCUT2D eigenvalue weighted by molar-refractivity contribution is 0.617. The summed E-state index contributed by atoms with van der Waals surface area (Å²) in [7, 11) is 0. The summed E-state index contributed by atoms with van der Waals surface area (Å²) in [5, 5.41) is 2.98. The van der Waals surface area contributed by atoms with Gasteiger partial charge in [-0.2, -0.15) is 0 Å². The second kappa shape index (κ2) is 4.81. The van der Waals surface area contributed by atoms with Gasteiger partial charge < -0.3 is 5.73 Å². The SMILES string of the molecule is [CH2]CCNC(N)C=C. The van der Waals surface area contributed by atoms with Crippen molar-refractivity contribution in [1.82, 2.24) is 5.32 Å². The first-order chi connectivity index (χ1) is 3.81. The van der Waals surface area contributed by atoms with Crippen LogP contribution in [0, 0.1) is 6.92 Å². The molecular weight excluding hydrogens is 100 g/mol. The van der Waals surface area contributed by atoms with Crippen LogP contribution in [0.4, 0.5) is 0 Å². The minimum absolute atomic E-state index is 0.0725. The second-order valence-electron chi connectivity index (χ2n) is 1.57. The molecule has 0 aromatic rings. The van der Waals surface area contributed by atoms with Crippen molar-refractivity contribution in [1.29, 1.82) is 0 Å². The number of rotatable bonds is 4. The lowest BCUT2D eigenvalue weighted by Gasteiger charge is -2.05. The summed E-state index contributed by atoms with van der Waals surface area (Å²) in [4.78, 5) is 0. The van der Waals surface area contributed by atoms with E-state index in [4.69, 9.17) is 5.73 Å². The molecule has 0 saturated heterocycles. The van der Waals surface area contributed by atoms with E-state index in [0.717, 1.165) is 13.0 Å². The van der Waals surface area contributed by atoms with E-state index >= 15 is 0 Å². The average molecular weight is 113 g/mol. The Bertz CT molecular complexity index is 61.5. The van der Waals surface area contributed by atoms with Crippen LogP contribution in [0.5, 0.6) is 0 Å². The second-order valence-corrected chi connectivity index (χ2v) is 1.57. The molecule has 0 rings (SSSR count). The Hall–Kier alpha value is -0.340. The first-order valence-electron chi connectivity index (χ1n) is 2.72. The summed E-state index contributed by atoms with van der Waals surface area (Å²) in [6, 6.07) is 0. The van der Waals surface area contributed by atoms with Gasteiger partial charge in [-0.25, -0.2) is 0 Å². The topological polar surface area (TPSA) is 38.0 Å². The van der Waals surface area contributed by atoms with Crippen LogP contribution in [0.3, 0.4) is 0 Å². The Morgan fingerprint density at radius 1 is 1.75 bits per heavy atom. The van der Waals surface area contributed by atoms with E-state index < -0.39 is 0 Å². The van der Waals surface area contributed by atoms with Gasteiger partial charge >= 0.3 is 0 Å². The standard InChI is InChI=1S/C6H13N2/c1-3-5-8-6(7)4-2/h4,6,8H,1-3,5,7H2. The van der Waals surface area contributed by atoms with Gasteiger partial charge in [0.05, 0.1) is 6.17 Å². The van der Waals surface area contributed by atoms with E-state index in [-0.39, 0.29) is 6.17 Å².